The molecule has 5 nitrogen and oxygen atoms in total. The van der Waals surface area contributed by atoms with Crippen LogP contribution in [-0.4, -0.2) is 17.2 Å². The molecule has 0 amide bonds. The van der Waals surface area contributed by atoms with E-state index in [-0.39, 0.29) is 0 Å². The fraction of sp³-hybridized carbons (Fsp3) is 0.111. The Morgan fingerprint density at radius 3 is 2.43 bits per heavy atom. The molecule has 0 atom stereocenters. The second-order valence-electron chi connectivity index (χ2n) is 2.70. The van der Waals surface area contributed by atoms with Gasteiger partial charge in [-0.1, -0.05) is 5.10 Å². The summed E-state index contributed by atoms with van der Waals surface area (Å²) in [5, 5.41) is 13.3. The Morgan fingerprint density at radius 1 is 1.14 bits per heavy atom. The molecule has 14 heavy (non-hydrogen) atoms. The van der Waals surface area contributed by atoms with Crippen molar-refractivity contribution in [2.24, 2.45) is 0 Å². The van der Waals surface area contributed by atoms with Crippen molar-refractivity contribution in [2.45, 2.75) is 0 Å². The van der Waals surface area contributed by atoms with Gasteiger partial charge in [0.25, 0.3) is 0 Å². The molecule has 0 bridgehead atoms. The van der Waals surface area contributed by atoms with Gasteiger partial charge >= 0.3 is 6.01 Å². The number of rotatable bonds is 3. The van der Waals surface area contributed by atoms with Gasteiger partial charge in [0.1, 0.15) is 0 Å². The van der Waals surface area contributed by atoms with E-state index in [2.05, 4.69) is 20.8 Å². The number of hydrogen-bond donors (Lipinski definition) is 2. The van der Waals surface area contributed by atoms with E-state index in [4.69, 9.17) is 4.42 Å². The highest BCUT2D eigenvalue weighted by molar-refractivity contribution is 5.57. The van der Waals surface area contributed by atoms with Crippen molar-refractivity contribution in [3.8, 4) is 0 Å². The lowest BCUT2D eigenvalue weighted by molar-refractivity contribution is 0.572. The van der Waals surface area contributed by atoms with Crippen molar-refractivity contribution in [2.75, 3.05) is 17.7 Å². The molecule has 0 aliphatic heterocycles. The van der Waals surface area contributed by atoms with Gasteiger partial charge in [-0.25, -0.2) is 0 Å². The van der Waals surface area contributed by atoms with Gasteiger partial charge in [0.15, 0.2) is 0 Å². The lowest BCUT2D eigenvalue weighted by Gasteiger charge is -2.02. The van der Waals surface area contributed by atoms with Crippen molar-refractivity contribution < 1.29 is 4.42 Å². The zero-order valence-electron chi connectivity index (χ0n) is 7.69. The van der Waals surface area contributed by atoms with Crippen LogP contribution in [0.2, 0.25) is 0 Å². The fourth-order valence-electron chi connectivity index (χ4n) is 1.07. The van der Waals surface area contributed by atoms with Gasteiger partial charge in [-0.05, 0) is 24.3 Å². The van der Waals surface area contributed by atoms with Crippen LogP contribution in [0.15, 0.2) is 35.1 Å². The molecule has 5 heteroatoms. The first-order valence-corrected chi connectivity index (χ1v) is 4.19. The number of anilines is 3. The Morgan fingerprint density at radius 2 is 1.86 bits per heavy atom. The van der Waals surface area contributed by atoms with E-state index in [0.29, 0.717) is 6.01 Å². The number of hydrogen-bond acceptors (Lipinski definition) is 5. The zero-order chi connectivity index (χ0) is 9.80. The molecule has 0 unspecified atom stereocenters. The maximum absolute atomic E-state index is 4.95. The average Bonchev–Trinajstić information content (AvgIpc) is 2.72. The van der Waals surface area contributed by atoms with Crippen LogP contribution in [0.25, 0.3) is 0 Å². The Hall–Kier alpha value is -2.04. The Kier molecular flexibility index (Phi) is 2.31. The van der Waals surface area contributed by atoms with Gasteiger partial charge in [-0.15, -0.1) is 5.10 Å². The van der Waals surface area contributed by atoms with Crippen molar-refractivity contribution >= 4 is 17.4 Å². The summed E-state index contributed by atoms with van der Waals surface area (Å²) in [4.78, 5) is 0. The minimum absolute atomic E-state index is 0.391. The summed E-state index contributed by atoms with van der Waals surface area (Å²) in [6.45, 7) is 0. The van der Waals surface area contributed by atoms with E-state index in [1.54, 1.807) is 0 Å². The minimum Gasteiger partial charge on any atom is -0.411 e. The highest BCUT2D eigenvalue weighted by Gasteiger charge is 1.98. The van der Waals surface area contributed by atoms with Crippen LogP contribution in [0.4, 0.5) is 17.4 Å². The first-order chi connectivity index (χ1) is 6.88. The fourth-order valence-corrected chi connectivity index (χ4v) is 1.07. The molecular formula is C9H10N4O. The van der Waals surface area contributed by atoms with Gasteiger partial charge in [-0.3, -0.25) is 0 Å². The summed E-state index contributed by atoms with van der Waals surface area (Å²) in [5.41, 5.74) is 1.97. The summed E-state index contributed by atoms with van der Waals surface area (Å²) in [6.07, 6.45) is 1.28. The number of nitrogens with one attached hydrogen (secondary N) is 2. The predicted octanol–water partition coefficient (Wildman–Crippen LogP) is 1.85. The third kappa shape index (κ3) is 1.82. The molecular weight excluding hydrogens is 180 g/mol. The van der Waals surface area contributed by atoms with Crippen LogP contribution in [0, 0.1) is 0 Å². The van der Waals surface area contributed by atoms with Crippen LogP contribution in [-0.2, 0) is 0 Å². The van der Waals surface area contributed by atoms with Crippen molar-refractivity contribution in [3.63, 3.8) is 0 Å². The molecule has 0 saturated carbocycles. The molecule has 1 heterocycles. The summed E-state index contributed by atoms with van der Waals surface area (Å²) < 4.78 is 4.95. The maximum atomic E-state index is 4.95. The third-order valence-corrected chi connectivity index (χ3v) is 1.78. The molecule has 0 fully saturated rings. The van der Waals surface area contributed by atoms with Crippen molar-refractivity contribution in [3.05, 3.63) is 30.7 Å². The Balaban J connectivity index is 2.10. The first kappa shape index (κ1) is 8.55. The van der Waals surface area contributed by atoms with Crippen molar-refractivity contribution in [1.29, 1.82) is 0 Å². The molecule has 2 N–H and O–H groups in total. The van der Waals surface area contributed by atoms with Crippen LogP contribution >= 0.6 is 0 Å². The SMILES string of the molecule is CNc1ccc(Nc2nnco2)cc1. The van der Waals surface area contributed by atoms with E-state index in [9.17, 15) is 0 Å². The Bertz CT molecular complexity index is 382. The molecule has 0 spiro atoms. The van der Waals surface area contributed by atoms with Gasteiger partial charge in [-0.2, -0.15) is 0 Å². The minimum atomic E-state index is 0.391. The largest absolute Gasteiger partial charge is 0.411 e. The van der Waals surface area contributed by atoms with Crippen LogP contribution < -0.4 is 10.6 Å². The van der Waals surface area contributed by atoms with E-state index in [1.807, 2.05) is 31.3 Å². The standard InChI is InChI=1S/C9H10N4O/c1-10-7-2-4-8(5-3-7)12-9-13-11-6-14-9/h2-6,10H,1H3,(H,12,13). The van der Waals surface area contributed by atoms with E-state index < -0.39 is 0 Å². The van der Waals surface area contributed by atoms with Gasteiger partial charge in [0.05, 0.1) is 0 Å². The average molecular weight is 190 g/mol. The van der Waals surface area contributed by atoms with Crippen molar-refractivity contribution in [1.82, 2.24) is 10.2 Å². The highest BCUT2D eigenvalue weighted by Crippen LogP contribution is 2.16. The molecule has 1 aromatic heterocycles. The van der Waals surface area contributed by atoms with E-state index in [0.717, 1.165) is 11.4 Å². The number of nitrogens with zero attached hydrogens (tertiary/aromatic N) is 2. The number of aromatic nitrogens is 2. The maximum Gasteiger partial charge on any atom is 0.319 e. The number of benzene rings is 1. The highest BCUT2D eigenvalue weighted by atomic mass is 16.4. The predicted molar refractivity (Wildman–Crippen MR) is 53.6 cm³/mol. The third-order valence-electron chi connectivity index (χ3n) is 1.78. The molecule has 0 aliphatic carbocycles. The molecule has 0 radical (unpaired) electrons. The molecule has 0 aliphatic rings. The molecule has 0 saturated heterocycles. The van der Waals surface area contributed by atoms with Crippen LogP contribution in [0.5, 0.6) is 0 Å². The summed E-state index contributed by atoms with van der Waals surface area (Å²) in [5.74, 6) is 0. The lowest BCUT2D eigenvalue weighted by atomic mass is 10.3. The lowest BCUT2D eigenvalue weighted by Crippen LogP contribution is -1.91. The summed E-state index contributed by atoms with van der Waals surface area (Å²) >= 11 is 0. The van der Waals surface area contributed by atoms with Crippen LogP contribution in [0.1, 0.15) is 0 Å². The molecule has 1 aromatic carbocycles. The van der Waals surface area contributed by atoms with Crippen LogP contribution in [0.3, 0.4) is 0 Å². The second kappa shape index (κ2) is 3.78. The normalized spacial score (nSPS) is 9.79. The topological polar surface area (TPSA) is 63.0 Å². The molecule has 2 rings (SSSR count). The first-order valence-electron chi connectivity index (χ1n) is 4.19. The van der Waals surface area contributed by atoms with Gasteiger partial charge in [0, 0.05) is 18.4 Å². The van der Waals surface area contributed by atoms with E-state index >= 15 is 0 Å². The van der Waals surface area contributed by atoms with E-state index in [1.165, 1.54) is 6.39 Å². The molecule has 2 aromatic rings. The Labute approximate surface area is 81.2 Å². The summed E-state index contributed by atoms with van der Waals surface area (Å²) in [7, 11) is 1.88. The monoisotopic (exact) mass is 190 g/mol. The molecule has 72 valence electrons. The van der Waals surface area contributed by atoms with Gasteiger partial charge in [0.2, 0.25) is 6.39 Å². The smallest absolute Gasteiger partial charge is 0.319 e. The zero-order valence-corrected chi connectivity index (χ0v) is 7.69. The second-order valence-corrected chi connectivity index (χ2v) is 2.70. The van der Waals surface area contributed by atoms with Gasteiger partial charge < -0.3 is 15.1 Å². The summed E-state index contributed by atoms with van der Waals surface area (Å²) in [6, 6.07) is 8.16. The quantitative estimate of drug-likeness (QED) is 0.773.